The first-order chi connectivity index (χ1) is 8.61. The summed E-state index contributed by atoms with van der Waals surface area (Å²) in [6.07, 6.45) is 5.72. The zero-order valence-electron chi connectivity index (χ0n) is 10.3. The van der Waals surface area contributed by atoms with Crippen LogP contribution in [0.3, 0.4) is 0 Å². The SMILES string of the molecule is CC1(Cn2c(CCl)nc3cc(Br)cnc32)CCC1. The number of fused-ring (bicyclic) bond motifs is 1. The van der Waals surface area contributed by atoms with Crippen LogP contribution in [0.4, 0.5) is 0 Å². The number of imidazole rings is 1. The van der Waals surface area contributed by atoms with Crippen molar-refractivity contribution in [2.45, 2.75) is 38.6 Å². The van der Waals surface area contributed by atoms with Crippen LogP contribution in [0.15, 0.2) is 16.7 Å². The first-order valence-corrected chi connectivity index (χ1v) is 7.51. The predicted molar refractivity (Wildman–Crippen MR) is 76.7 cm³/mol. The molecule has 2 aromatic heterocycles. The molecule has 0 unspecified atom stereocenters. The van der Waals surface area contributed by atoms with Gasteiger partial charge in [-0.2, -0.15) is 0 Å². The minimum Gasteiger partial charge on any atom is -0.311 e. The van der Waals surface area contributed by atoms with Crippen molar-refractivity contribution in [2.75, 3.05) is 0 Å². The Morgan fingerprint density at radius 3 is 2.89 bits per heavy atom. The molecule has 1 saturated carbocycles. The summed E-state index contributed by atoms with van der Waals surface area (Å²) >= 11 is 9.44. The fourth-order valence-electron chi connectivity index (χ4n) is 2.62. The minimum atomic E-state index is 0.392. The molecule has 2 heterocycles. The fourth-order valence-corrected chi connectivity index (χ4v) is 3.14. The van der Waals surface area contributed by atoms with Gasteiger partial charge in [-0.05, 0) is 40.3 Å². The van der Waals surface area contributed by atoms with Crippen LogP contribution < -0.4 is 0 Å². The Balaban J connectivity index is 2.07. The summed E-state index contributed by atoms with van der Waals surface area (Å²) in [5.74, 6) is 1.36. The Hall–Kier alpha value is -0.610. The molecule has 1 aliphatic rings. The third-order valence-corrected chi connectivity index (χ3v) is 4.52. The van der Waals surface area contributed by atoms with Gasteiger partial charge in [0.25, 0.3) is 0 Å². The van der Waals surface area contributed by atoms with Crippen LogP contribution in [0.25, 0.3) is 11.2 Å². The van der Waals surface area contributed by atoms with Gasteiger partial charge in [0.2, 0.25) is 0 Å². The molecule has 1 fully saturated rings. The van der Waals surface area contributed by atoms with Crippen LogP contribution in [-0.4, -0.2) is 14.5 Å². The van der Waals surface area contributed by atoms with Gasteiger partial charge in [-0.1, -0.05) is 13.3 Å². The number of alkyl halides is 1. The van der Waals surface area contributed by atoms with Crippen molar-refractivity contribution < 1.29 is 0 Å². The van der Waals surface area contributed by atoms with Crippen LogP contribution in [0, 0.1) is 5.41 Å². The summed E-state index contributed by atoms with van der Waals surface area (Å²) < 4.78 is 3.14. The van der Waals surface area contributed by atoms with Crippen LogP contribution in [0.2, 0.25) is 0 Å². The summed E-state index contributed by atoms with van der Waals surface area (Å²) in [5.41, 5.74) is 2.26. The van der Waals surface area contributed by atoms with Crippen LogP contribution in [0.1, 0.15) is 32.0 Å². The molecule has 0 amide bonds. The van der Waals surface area contributed by atoms with Crippen molar-refractivity contribution in [3.63, 3.8) is 0 Å². The highest BCUT2D eigenvalue weighted by Crippen LogP contribution is 2.42. The van der Waals surface area contributed by atoms with E-state index in [0.717, 1.165) is 28.0 Å². The van der Waals surface area contributed by atoms with E-state index < -0.39 is 0 Å². The van der Waals surface area contributed by atoms with E-state index in [1.54, 1.807) is 0 Å². The smallest absolute Gasteiger partial charge is 0.160 e. The summed E-state index contributed by atoms with van der Waals surface area (Å²) in [7, 11) is 0. The van der Waals surface area contributed by atoms with Gasteiger partial charge in [0.05, 0.1) is 5.88 Å². The highest BCUT2D eigenvalue weighted by atomic mass is 79.9. The quantitative estimate of drug-likeness (QED) is 0.793. The molecular formula is C13H15BrClN3. The van der Waals surface area contributed by atoms with Gasteiger partial charge in [-0.3, -0.25) is 0 Å². The third-order valence-electron chi connectivity index (χ3n) is 3.85. The minimum absolute atomic E-state index is 0.392. The average molecular weight is 329 g/mol. The lowest BCUT2D eigenvalue weighted by Gasteiger charge is -2.38. The van der Waals surface area contributed by atoms with Gasteiger partial charge >= 0.3 is 0 Å². The van der Waals surface area contributed by atoms with Gasteiger partial charge in [0.1, 0.15) is 11.3 Å². The number of nitrogens with zero attached hydrogens (tertiary/aromatic N) is 3. The fraction of sp³-hybridized carbons (Fsp3) is 0.538. The van der Waals surface area contributed by atoms with Crippen LogP contribution in [0.5, 0.6) is 0 Å². The molecule has 0 aliphatic heterocycles. The average Bonchev–Trinajstić information content (AvgIpc) is 2.64. The van der Waals surface area contributed by atoms with Crippen molar-refractivity contribution in [1.82, 2.24) is 14.5 Å². The predicted octanol–water partition coefficient (Wildman–Crippen LogP) is 4.12. The summed E-state index contributed by atoms with van der Waals surface area (Å²) in [4.78, 5) is 9.06. The number of pyridine rings is 1. The van der Waals surface area contributed by atoms with Gasteiger partial charge < -0.3 is 4.57 Å². The number of hydrogen-bond donors (Lipinski definition) is 0. The van der Waals surface area contributed by atoms with Crippen LogP contribution >= 0.6 is 27.5 Å². The van der Waals surface area contributed by atoms with E-state index in [-0.39, 0.29) is 0 Å². The molecule has 18 heavy (non-hydrogen) atoms. The molecule has 0 N–H and O–H groups in total. The zero-order chi connectivity index (χ0) is 12.8. The monoisotopic (exact) mass is 327 g/mol. The highest BCUT2D eigenvalue weighted by molar-refractivity contribution is 9.10. The van der Waals surface area contributed by atoms with Crippen molar-refractivity contribution in [3.05, 3.63) is 22.6 Å². The molecule has 0 bridgehead atoms. The Morgan fingerprint density at radius 1 is 1.50 bits per heavy atom. The highest BCUT2D eigenvalue weighted by Gasteiger charge is 2.33. The molecule has 0 saturated heterocycles. The van der Waals surface area contributed by atoms with E-state index in [9.17, 15) is 0 Å². The Bertz CT molecular complexity index is 589. The zero-order valence-corrected chi connectivity index (χ0v) is 12.6. The second kappa shape index (κ2) is 4.49. The van der Waals surface area contributed by atoms with E-state index in [1.807, 2.05) is 12.3 Å². The molecule has 96 valence electrons. The largest absolute Gasteiger partial charge is 0.311 e. The Morgan fingerprint density at radius 2 is 2.28 bits per heavy atom. The van der Waals surface area contributed by atoms with Crippen molar-refractivity contribution >= 4 is 38.7 Å². The summed E-state index contributed by atoms with van der Waals surface area (Å²) in [6, 6.07) is 2.00. The van der Waals surface area contributed by atoms with E-state index in [0.29, 0.717) is 11.3 Å². The number of hydrogen-bond acceptors (Lipinski definition) is 2. The molecule has 0 spiro atoms. The van der Waals surface area contributed by atoms with E-state index in [2.05, 4.69) is 37.4 Å². The van der Waals surface area contributed by atoms with Gasteiger partial charge in [0, 0.05) is 17.2 Å². The Labute approximate surface area is 120 Å². The molecule has 0 radical (unpaired) electrons. The maximum Gasteiger partial charge on any atom is 0.160 e. The van der Waals surface area contributed by atoms with Gasteiger partial charge in [-0.25, -0.2) is 9.97 Å². The van der Waals surface area contributed by atoms with Crippen LogP contribution in [-0.2, 0) is 12.4 Å². The second-order valence-corrected chi connectivity index (χ2v) is 6.59. The molecule has 2 aromatic rings. The molecule has 0 atom stereocenters. The maximum absolute atomic E-state index is 6.01. The van der Waals surface area contributed by atoms with Crippen molar-refractivity contribution in [3.8, 4) is 0 Å². The van der Waals surface area contributed by atoms with Gasteiger partial charge in [0.15, 0.2) is 5.65 Å². The standard InChI is InChI=1S/C13H15BrClN3/c1-13(3-2-4-13)8-18-11(6-15)17-10-5-9(14)7-16-12(10)18/h5,7H,2-4,6,8H2,1H3. The molecular weight excluding hydrogens is 314 g/mol. The summed E-state index contributed by atoms with van der Waals surface area (Å²) in [5, 5.41) is 0. The van der Waals surface area contributed by atoms with Crippen molar-refractivity contribution in [2.24, 2.45) is 5.41 Å². The lowest BCUT2D eigenvalue weighted by Crippen LogP contribution is -2.31. The van der Waals surface area contributed by atoms with Gasteiger partial charge in [-0.15, -0.1) is 11.6 Å². The first-order valence-electron chi connectivity index (χ1n) is 6.18. The first kappa shape index (κ1) is 12.4. The number of rotatable bonds is 3. The lowest BCUT2D eigenvalue weighted by atomic mass is 9.70. The van der Waals surface area contributed by atoms with E-state index in [4.69, 9.17) is 11.6 Å². The molecule has 3 nitrogen and oxygen atoms in total. The van der Waals surface area contributed by atoms with E-state index in [1.165, 1.54) is 19.3 Å². The molecule has 5 heteroatoms. The molecule has 3 rings (SSSR count). The normalized spacial score (nSPS) is 17.9. The number of halogens is 2. The maximum atomic E-state index is 6.01. The molecule has 0 aromatic carbocycles. The molecule has 1 aliphatic carbocycles. The Kier molecular flexibility index (Phi) is 3.10. The second-order valence-electron chi connectivity index (χ2n) is 5.41. The van der Waals surface area contributed by atoms with Crippen molar-refractivity contribution in [1.29, 1.82) is 0 Å². The number of aromatic nitrogens is 3. The van der Waals surface area contributed by atoms with E-state index >= 15 is 0 Å². The lowest BCUT2D eigenvalue weighted by molar-refractivity contribution is 0.132. The third kappa shape index (κ3) is 2.05. The topological polar surface area (TPSA) is 30.7 Å². The summed E-state index contributed by atoms with van der Waals surface area (Å²) in [6.45, 7) is 3.30.